The van der Waals surface area contributed by atoms with Gasteiger partial charge >= 0.3 is 10.4 Å². The molecule has 12 nitrogen and oxygen atoms in total. The number of halogens is 1. The van der Waals surface area contributed by atoms with Gasteiger partial charge in [-0.15, -0.1) is 0 Å². The largest absolute Gasteiger partial charge is 1.00 e. The summed E-state index contributed by atoms with van der Waals surface area (Å²) >= 11 is 0. The zero-order valence-corrected chi connectivity index (χ0v) is 21.6. The van der Waals surface area contributed by atoms with E-state index in [0.29, 0.717) is 0 Å². The van der Waals surface area contributed by atoms with Gasteiger partial charge in [0.1, 0.15) is 0 Å². The summed E-state index contributed by atoms with van der Waals surface area (Å²) in [5.41, 5.74) is 0. The molecule has 0 aliphatic carbocycles. The van der Waals surface area contributed by atoms with Crippen molar-refractivity contribution >= 4 is 20.8 Å². The highest BCUT2D eigenvalue weighted by Gasteiger charge is 2.04. The Hall–Kier alpha value is -1.10. The summed E-state index contributed by atoms with van der Waals surface area (Å²) in [7, 11) is -1.06. The number of hydrogen-bond donors (Lipinski definition) is 0. The first-order valence-corrected chi connectivity index (χ1v) is 11.1. The third kappa shape index (κ3) is 42.3. The fourth-order valence-electron chi connectivity index (χ4n) is 1.66. The molecule has 2 aliphatic rings. The lowest BCUT2D eigenvalue weighted by atomic mass is 10.6. The van der Waals surface area contributed by atoms with Crippen LogP contribution in [0.15, 0.2) is 24.8 Å². The van der Waals surface area contributed by atoms with Crippen LogP contribution in [-0.4, -0.2) is 103 Å². The van der Waals surface area contributed by atoms with Crippen LogP contribution in [0.3, 0.4) is 0 Å². The van der Waals surface area contributed by atoms with Crippen molar-refractivity contribution in [1.29, 1.82) is 0 Å². The van der Waals surface area contributed by atoms with Gasteiger partial charge in [-0.3, -0.25) is 12.5 Å². The molecule has 0 radical (unpaired) electrons. The fraction of sp³-hybridized carbons (Fsp3) is 0.818. The van der Waals surface area contributed by atoms with E-state index in [4.69, 9.17) is 0 Å². The predicted octanol–water partition coefficient (Wildman–Crippen LogP) is 1.44. The second-order valence-electron chi connectivity index (χ2n) is 5.52. The van der Waals surface area contributed by atoms with Crippen molar-refractivity contribution in [3.05, 3.63) is 24.8 Å². The van der Waals surface area contributed by atoms with Gasteiger partial charge < -0.3 is 41.1 Å². The number of rotatable bonds is 5. The summed E-state index contributed by atoms with van der Waals surface area (Å²) < 4.78 is 58.5. The second-order valence-corrected chi connectivity index (χ2v) is 8.15. The second kappa shape index (κ2) is 34.9. The lowest BCUT2D eigenvalue weighted by Gasteiger charge is -2.14. The molecule has 2 heterocycles. The van der Waals surface area contributed by atoms with E-state index >= 15 is 0 Å². The van der Waals surface area contributed by atoms with Crippen LogP contribution in [0, 0.1) is 0 Å². The molecule has 0 saturated heterocycles. The SMILES string of the molecule is C.C.C.C.C.C.C.CCN1C=CN(C)C1.CCN1C=CN(C)C1.COS(=O)(=O)OC.COS(=O)(=O)[O-].[Br-]. The van der Waals surface area contributed by atoms with Gasteiger partial charge in [-0.1, -0.05) is 52.0 Å². The molecule has 0 N–H and O–H groups in total. The molecule has 238 valence electrons. The highest BCUT2D eigenvalue weighted by molar-refractivity contribution is 7.81. The summed E-state index contributed by atoms with van der Waals surface area (Å²) in [5, 5.41) is 0. The molecule has 15 heteroatoms. The molecular formula is C22H61BrN4O8S2-2. The quantitative estimate of drug-likeness (QED) is 0.314. The molecule has 0 aromatic rings. The van der Waals surface area contributed by atoms with Crippen LogP contribution in [-0.2, 0) is 33.3 Å². The lowest BCUT2D eigenvalue weighted by Crippen LogP contribution is -3.00. The van der Waals surface area contributed by atoms with E-state index in [1.807, 2.05) is 0 Å². The van der Waals surface area contributed by atoms with Crippen LogP contribution in [0.5, 0.6) is 0 Å². The normalized spacial score (nSPS) is 12.0. The lowest BCUT2D eigenvalue weighted by molar-refractivity contribution is -0.0000198. The number of nitrogens with zero attached hydrogens (tertiary/aromatic N) is 4. The van der Waals surface area contributed by atoms with Crippen LogP contribution in [0.1, 0.15) is 65.8 Å². The van der Waals surface area contributed by atoms with Crippen molar-refractivity contribution in [2.75, 3.05) is 61.9 Å². The van der Waals surface area contributed by atoms with Crippen LogP contribution in [0.2, 0.25) is 0 Å². The first-order chi connectivity index (χ1) is 13.3. The summed E-state index contributed by atoms with van der Waals surface area (Å²) in [6.45, 7) is 8.64. The van der Waals surface area contributed by atoms with E-state index in [1.165, 1.54) is 0 Å². The number of hydrogen-bond acceptors (Lipinski definition) is 12. The topological polar surface area (TPSA) is 132 Å². The van der Waals surface area contributed by atoms with Crippen LogP contribution < -0.4 is 17.0 Å². The highest BCUT2D eigenvalue weighted by Crippen LogP contribution is 2.01. The Morgan fingerprint density at radius 1 is 0.649 bits per heavy atom. The molecule has 0 fully saturated rings. The molecule has 0 aromatic heterocycles. The minimum atomic E-state index is -4.41. The average Bonchev–Trinajstić information content (AvgIpc) is 3.30. The van der Waals surface area contributed by atoms with Crippen LogP contribution in [0.25, 0.3) is 0 Å². The van der Waals surface area contributed by atoms with Gasteiger partial charge in [-0.2, -0.15) is 8.42 Å². The summed E-state index contributed by atoms with van der Waals surface area (Å²) in [4.78, 5) is 8.81. The molecule has 0 bridgehead atoms. The smallest absolute Gasteiger partial charge is 0.399 e. The Morgan fingerprint density at radius 2 is 0.892 bits per heavy atom. The predicted molar refractivity (Wildman–Crippen MR) is 155 cm³/mol. The molecule has 2 aliphatic heterocycles. The van der Waals surface area contributed by atoms with Gasteiger partial charge in [-0.05, 0) is 13.8 Å². The van der Waals surface area contributed by atoms with Crippen molar-refractivity contribution in [2.24, 2.45) is 0 Å². The maximum Gasteiger partial charge on any atom is 0.399 e. The standard InChI is InChI=1S/2C6H12N2.C2H6O4S.CH4O4S.7CH4.BrH/c2*1-3-8-5-4-7(2)6-8;1-5-7(3,4)6-2;1-5-6(2,3)4;;;;;;;;/h2*4-5H,3,6H2,1-2H3;1-2H3;1H3,(H,2,3,4);7*1H4;1H/p-2. The Bertz CT molecular complexity index is 659. The van der Waals surface area contributed by atoms with Gasteiger partial charge in [-0.25, -0.2) is 8.42 Å². The Balaban J connectivity index is -0.0000000308. The third-order valence-electron chi connectivity index (χ3n) is 3.30. The third-order valence-corrected chi connectivity index (χ3v) is 4.52. The maximum absolute atomic E-state index is 9.92. The zero-order chi connectivity index (χ0) is 23.1. The summed E-state index contributed by atoms with van der Waals surface area (Å²) in [5.74, 6) is 0. The monoisotopic (exact) mass is 652 g/mol. The molecule has 0 saturated carbocycles. The Labute approximate surface area is 243 Å². The molecule has 37 heavy (non-hydrogen) atoms. The van der Waals surface area contributed by atoms with Gasteiger partial charge in [0.25, 0.3) is 0 Å². The molecule has 2 rings (SSSR count). The van der Waals surface area contributed by atoms with E-state index in [2.05, 4.69) is 84.9 Å². The van der Waals surface area contributed by atoms with Crippen molar-refractivity contribution in [1.82, 2.24) is 19.6 Å². The minimum Gasteiger partial charge on any atom is -1.00 e. The zero-order valence-electron chi connectivity index (χ0n) is 18.4. The van der Waals surface area contributed by atoms with Crippen LogP contribution >= 0.6 is 0 Å². The first kappa shape index (κ1) is 65.2. The highest BCUT2D eigenvalue weighted by atomic mass is 79.9. The summed E-state index contributed by atoms with van der Waals surface area (Å²) in [6, 6.07) is 0. The first-order valence-electron chi connectivity index (χ1n) is 8.46. The molecule has 0 spiro atoms. The molecule has 0 atom stereocenters. The van der Waals surface area contributed by atoms with Crippen molar-refractivity contribution in [3.63, 3.8) is 0 Å². The molecular weight excluding hydrogens is 592 g/mol. The van der Waals surface area contributed by atoms with Crippen molar-refractivity contribution in [3.8, 4) is 0 Å². The van der Waals surface area contributed by atoms with Gasteiger partial charge in [0.15, 0.2) is 0 Å². The van der Waals surface area contributed by atoms with E-state index < -0.39 is 20.8 Å². The van der Waals surface area contributed by atoms with Gasteiger partial charge in [0.05, 0.1) is 34.7 Å². The van der Waals surface area contributed by atoms with E-state index in [0.717, 1.165) is 47.8 Å². The van der Waals surface area contributed by atoms with Crippen molar-refractivity contribution < 1.29 is 50.9 Å². The van der Waals surface area contributed by atoms with E-state index in [9.17, 15) is 21.4 Å². The summed E-state index contributed by atoms with van der Waals surface area (Å²) in [6.07, 6.45) is 8.40. The molecule has 0 unspecified atom stereocenters. The van der Waals surface area contributed by atoms with Gasteiger partial charge in [0, 0.05) is 52.0 Å². The molecule has 0 amide bonds. The van der Waals surface area contributed by atoms with E-state index in [1.54, 1.807) is 0 Å². The Morgan fingerprint density at radius 3 is 0.946 bits per heavy atom. The fourth-order valence-corrected chi connectivity index (χ4v) is 1.79. The minimum absolute atomic E-state index is 0. The van der Waals surface area contributed by atoms with Gasteiger partial charge in [0.2, 0.25) is 10.4 Å². The van der Waals surface area contributed by atoms with E-state index in [-0.39, 0.29) is 69.0 Å². The van der Waals surface area contributed by atoms with Crippen LogP contribution in [0.4, 0.5) is 0 Å². The Kier molecular flexibility index (Phi) is 61.5. The average molecular weight is 654 g/mol. The molecule has 0 aromatic carbocycles. The maximum atomic E-state index is 9.92. The van der Waals surface area contributed by atoms with Crippen molar-refractivity contribution in [2.45, 2.75) is 65.8 Å².